The van der Waals surface area contributed by atoms with Gasteiger partial charge in [-0.05, 0) is 38.0 Å². The number of rotatable bonds is 4. The van der Waals surface area contributed by atoms with Crippen LogP contribution in [0.4, 0.5) is 0 Å². The van der Waals surface area contributed by atoms with E-state index in [4.69, 9.17) is 9.47 Å². The Morgan fingerprint density at radius 1 is 1.43 bits per heavy atom. The van der Waals surface area contributed by atoms with Gasteiger partial charge in [0.25, 0.3) is 0 Å². The minimum atomic E-state index is -0.442. The molecule has 0 aromatic carbocycles. The minimum Gasteiger partial charge on any atom is -0.387 e. The number of hydrogen-bond acceptors (Lipinski definition) is 4. The van der Waals surface area contributed by atoms with Crippen molar-refractivity contribution in [1.29, 1.82) is 0 Å². The van der Waals surface area contributed by atoms with Crippen molar-refractivity contribution in [2.24, 2.45) is 5.92 Å². The number of imidazole rings is 1. The van der Waals surface area contributed by atoms with E-state index in [0.717, 1.165) is 64.2 Å². The van der Waals surface area contributed by atoms with Crippen LogP contribution in [0.1, 0.15) is 50.8 Å². The molecule has 5 nitrogen and oxygen atoms in total. The van der Waals surface area contributed by atoms with Gasteiger partial charge in [0.05, 0.1) is 29.9 Å². The summed E-state index contributed by atoms with van der Waals surface area (Å²) in [6.07, 6.45) is 7.98. The van der Waals surface area contributed by atoms with E-state index in [0.29, 0.717) is 0 Å². The topological polar surface area (TPSA) is 56.5 Å². The van der Waals surface area contributed by atoms with Crippen molar-refractivity contribution >= 4 is 0 Å². The molecule has 21 heavy (non-hydrogen) atoms. The molecule has 3 heterocycles. The molecule has 0 aliphatic carbocycles. The Hall–Kier alpha value is -0.910. The predicted octanol–water partition coefficient (Wildman–Crippen LogP) is 2.30. The number of aryl methyl sites for hydroxylation is 1. The van der Waals surface area contributed by atoms with E-state index in [1.807, 2.05) is 12.5 Å². The van der Waals surface area contributed by atoms with Crippen molar-refractivity contribution in [1.82, 2.24) is 9.55 Å². The van der Waals surface area contributed by atoms with E-state index in [-0.39, 0.29) is 11.5 Å². The minimum absolute atomic E-state index is 0.0717. The largest absolute Gasteiger partial charge is 0.387 e. The Balaban J connectivity index is 1.71. The number of aliphatic hydroxyl groups is 1. The summed E-state index contributed by atoms with van der Waals surface area (Å²) in [5, 5.41) is 10.8. The van der Waals surface area contributed by atoms with Crippen LogP contribution < -0.4 is 0 Å². The quantitative estimate of drug-likeness (QED) is 0.926. The number of aliphatic hydroxyl groups excluding tert-OH is 1. The molecule has 2 aliphatic heterocycles. The van der Waals surface area contributed by atoms with Gasteiger partial charge in [0.2, 0.25) is 0 Å². The van der Waals surface area contributed by atoms with Gasteiger partial charge in [-0.25, -0.2) is 4.98 Å². The van der Waals surface area contributed by atoms with E-state index < -0.39 is 6.10 Å². The molecule has 0 radical (unpaired) electrons. The third kappa shape index (κ3) is 3.15. The van der Waals surface area contributed by atoms with Crippen LogP contribution in [-0.4, -0.2) is 40.1 Å². The molecule has 1 aromatic rings. The molecule has 5 heteroatoms. The molecule has 118 valence electrons. The van der Waals surface area contributed by atoms with Gasteiger partial charge >= 0.3 is 0 Å². The fourth-order valence-electron chi connectivity index (χ4n) is 3.67. The van der Waals surface area contributed by atoms with Gasteiger partial charge in [-0.15, -0.1) is 0 Å². The molecule has 0 saturated carbocycles. The molecular formula is C16H26N2O3. The Kier molecular flexibility index (Phi) is 4.62. The van der Waals surface area contributed by atoms with E-state index in [9.17, 15) is 5.11 Å². The highest BCUT2D eigenvalue weighted by Gasteiger charge is 2.41. The number of aromatic nitrogens is 2. The van der Waals surface area contributed by atoms with Crippen LogP contribution in [0, 0.1) is 5.92 Å². The van der Waals surface area contributed by atoms with Crippen LogP contribution in [0.5, 0.6) is 0 Å². The zero-order chi connectivity index (χ0) is 14.7. The molecule has 1 spiro atoms. The lowest BCUT2D eigenvalue weighted by Crippen LogP contribution is -2.45. The second-order valence-corrected chi connectivity index (χ2v) is 6.35. The lowest BCUT2D eigenvalue weighted by atomic mass is 9.78. The second-order valence-electron chi connectivity index (χ2n) is 6.35. The number of nitrogens with zero attached hydrogens (tertiary/aromatic N) is 2. The molecule has 2 saturated heterocycles. The van der Waals surface area contributed by atoms with Gasteiger partial charge in [-0.2, -0.15) is 0 Å². The lowest BCUT2D eigenvalue weighted by molar-refractivity contribution is -0.159. The standard InChI is InChI=1S/C16H26N2O3/c1-2-6-18-12-17-11-14(18)15(19)13-3-7-21-16(10-13)4-8-20-9-5-16/h11-13,15,19H,2-10H2,1H3. The van der Waals surface area contributed by atoms with Gasteiger partial charge in [0.15, 0.2) is 0 Å². The van der Waals surface area contributed by atoms with Gasteiger partial charge in [-0.3, -0.25) is 0 Å². The maximum atomic E-state index is 10.8. The van der Waals surface area contributed by atoms with Crippen molar-refractivity contribution in [3.8, 4) is 0 Å². The smallest absolute Gasteiger partial charge is 0.0985 e. The first-order valence-electron chi connectivity index (χ1n) is 8.14. The highest BCUT2D eigenvalue weighted by atomic mass is 16.5. The Bertz CT molecular complexity index is 449. The molecule has 2 aliphatic rings. The summed E-state index contributed by atoms with van der Waals surface area (Å²) in [5.74, 6) is 0.254. The first-order chi connectivity index (χ1) is 10.2. The SMILES string of the molecule is CCCn1cncc1C(O)C1CCOC2(CCOCC2)C1. The Morgan fingerprint density at radius 3 is 3.00 bits per heavy atom. The first kappa shape index (κ1) is 15.0. The highest BCUT2D eigenvalue weighted by Crippen LogP contribution is 2.41. The van der Waals surface area contributed by atoms with E-state index in [2.05, 4.69) is 16.5 Å². The molecule has 2 fully saturated rings. The number of hydrogen-bond donors (Lipinski definition) is 1. The van der Waals surface area contributed by atoms with Crippen LogP contribution in [0.2, 0.25) is 0 Å². The molecule has 1 aromatic heterocycles. The maximum absolute atomic E-state index is 10.8. The van der Waals surface area contributed by atoms with Crippen molar-refractivity contribution in [2.45, 2.75) is 57.3 Å². The summed E-state index contributed by atoms with van der Waals surface area (Å²) < 4.78 is 13.6. The van der Waals surface area contributed by atoms with E-state index in [1.165, 1.54) is 0 Å². The average Bonchev–Trinajstić information content (AvgIpc) is 2.96. The van der Waals surface area contributed by atoms with E-state index in [1.54, 1.807) is 0 Å². The van der Waals surface area contributed by atoms with Crippen LogP contribution in [0.3, 0.4) is 0 Å². The summed E-state index contributed by atoms with van der Waals surface area (Å²) in [5.41, 5.74) is 0.878. The summed E-state index contributed by atoms with van der Waals surface area (Å²) in [4.78, 5) is 4.21. The normalized spacial score (nSPS) is 26.9. The second kappa shape index (κ2) is 6.46. The lowest BCUT2D eigenvalue weighted by Gasteiger charge is -2.44. The van der Waals surface area contributed by atoms with Gasteiger partial charge < -0.3 is 19.1 Å². The fraction of sp³-hybridized carbons (Fsp3) is 0.812. The Morgan fingerprint density at radius 2 is 2.24 bits per heavy atom. The molecule has 3 rings (SSSR count). The summed E-state index contributed by atoms with van der Waals surface area (Å²) in [6, 6.07) is 0. The average molecular weight is 294 g/mol. The van der Waals surface area contributed by atoms with Crippen molar-refractivity contribution in [3.63, 3.8) is 0 Å². The van der Waals surface area contributed by atoms with Crippen molar-refractivity contribution in [2.75, 3.05) is 19.8 Å². The van der Waals surface area contributed by atoms with E-state index >= 15 is 0 Å². The first-order valence-corrected chi connectivity index (χ1v) is 8.14. The van der Waals surface area contributed by atoms with Crippen LogP contribution in [0.25, 0.3) is 0 Å². The van der Waals surface area contributed by atoms with Crippen LogP contribution >= 0.6 is 0 Å². The highest BCUT2D eigenvalue weighted by molar-refractivity contribution is 5.06. The molecule has 0 amide bonds. The monoisotopic (exact) mass is 294 g/mol. The summed E-state index contributed by atoms with van der Waals surface area (Å²) in [7, 11) is 0. The van der Waals surface area contributed by atoms with Crippen LogP contribution in [0.15, 0.2) is 12.5 Å². The van der Waals surface area contributed by atoms with Gasteiger partial charge in [0, 0.05) is 26.4 Å². The maximum Gasteiger partial charge on any atom is 0.0985 e. The number of ether oxygens (including phenoxy) is 2. The fourth-order valence-corrected chi connectivity index (χ4v) is 3.67. The van der Waals surface area contributed by atoms with Crippen molar-refractivity contribution < 1.29 is 14.6 Å². The zero-order valence-electron chi connectivity index (χ0n) is 12.8. The Labute approximate surface area is 126 Å². The van der Waals surface area contributed by atoms with Gasteiger partial charge in [-0.1, -0.05) is 6.92 Å². The molecule has 2 unspecified atom stereocenters. The zero-order valence-corrected chi connectivity index (χ0v) is 12.8. The third-order valence-electron chi connectivity index (χ3n) is 4.89. The summed E-state index contributed by atoms with van der Waals surface area (Å²) in [6.45, 7) is 5.34. The summed E-state index contributed by atoms with van der Waals surface area (Å²) >= 11 is 0. The van der Waals surface area contributed by atoms with Gasteiger partial charge in [0.1, 0.15) is 0 Å². The molecule has 2 atom stereocenters. The predicted molar refractivity (Wildman–Crippen MR) is 78.9 cm³/mol. The van der Waals surface area contributed by atoms with Crippen molar-refractivity contribution in [3.05, 3.63) is 18.2 Å². The van der Waals surface area contributed by atoms with Crippen LogP contribution in [-0.2, 0) is 16.0 Å². The third-order valence-corrected chi connectivity index (χ3v) is 4.89. The molecule has 1 N–H and O–H groups in total. The molecular weight excluding hydrogens is 268 g/mol. The molecule has 0 bridgehead atoms.